The number of nitriles is 2. The molecule has 2 atom stereocenters. The Kier molecular flexibility index (Phi) is 3.79. The molecule has 1 aliphatic carbocycles. The highest BCUT2D eigenvalue weighted by atomic mass is 19.1. The third-order valence-electron chi connectivity index (χ3n) is 3.23. The molecule has 0 heterocycles. The summed E-state index contributed by atoms with van der Waals surface area (Å²) < 4.78 is 19.1. The highest BCUT2D eigenvalue weighted by molar-refractivity contribution is 5.44. The maximum absolute atomic E-state index is 13.4. The zero-order valence-corrected chi connectivity index (χ0v) is 9.90. The molecule has 1 aromatic rings. The fourth-order valence-electron chi connectivity index (χ4n) is 2.26. The Morgan fingerprint density at radius 1 is 1.22 bits per heavy atom. The molecule has 18 heavy (non-hydrogen) atoms. The van der Waals surface area contributed by atoms with Gasteiger partial charge in [-0.3, -0.25) is 0 Å². The van der Waals surface area contributed by atoms with Gasteiger partial charge in [-0.25, -0.2) is 4.39 Å². The molecule has 3 nitrogen and oxygen atoms in total. The summed E-state index contributed by atoms with van der Waals surface area (Å²) in [5, 5.41) is 18.0. The minimum absolute atomic E-state index is 0.0836. The molecule has 0 N–H and O–H groups in total. The van der Waals surface area contributed by atoms with Crippen LogP contribution in [0.15, 0.2) is 18.2 Å². The quantitative estimate of drug-likeness (QED) is 0.802. The van der Waals surface area contributed by atoms with Gasteiger partial charge in [-0.05, 0) is 31.4 Å². The van der Waals surface area contributed by atoms with Crippen molar-refractivity contribution in [1.82, 2.24) is 0 Å². The van der Waals surface area contributed by atoms with Crippen LogP contribution in [0.4, 0.5) is 4.39 Å². The predicted octanol–water partition coefficient (Wildman–Crippen LogP) is 3.16. The van der Waals surface area contributed by atoms with E-state index in [4.69, 9.17) is 15.3 Å². The highest BCUT2D eigenvalue weighted by Gasteiger charge is 2.27. The van der Waals surface area contributed by atoms with Crippen molar-refractivity contribution in [1.29, 1.82) is 10.5 Å². The summed E-state index contributed by atoms with van der Waals surface area (Å²) >= 11 is 0. The average molecular weight is 244 g/mol. The van der Waals surface area contributed by atoms with E-state index in [9.17, 15) is 4.39 Å². The third-order valence-corrected chi connectivity index (χ3v) is 3.23. The largest absolute Gasteiger partial charge is 0.488 e. The van der Waals surface area contributed by atoms with Gasteiger partial charge in [0.1, 0.15) is 29.3 Å². The molecule has 0 bridgehead atoms. The van der Waals surface area contributed by atoms with Crippen LogP contribution >= 0.6 is 0 Å². The molecule has 1 aliphatic rings. The summed E-state index contributed by atoms with van der Waals surface area (Å²) in [5.74, 6) is -0.516. The minimum Gasteiger partial charge on any atom is -0.488 e. The van der Waals surface area contributed by atoms with E-state index in [-0.39, 0.29) is 23.3 Å². The van der Waals surface area contributed by atoms with E-state index >= 15 is 0 Å². The molecular formula is C14H13FN2O. The van der Waals surface area contributed by atoms with Crippen LogP contribution in [0.3, 0.4) is 0 Å². The van der Waals surface area contributed by atoms with Crippen LogP contribution in [0, 0.1) is 34.4 Å². The summed E-state index contributed by atoms with van der Waals surface area (Å²) in [5.41, 5.74) is -0.0836. The summed E-state index contributed by atoms with van der Waals surface area (Å²) in [7, 11) is 0. The molecule has 0 spiro atoms. The van der Waals surface area contributed by atoms with Crippen molar-refractivity contribution in [2.24, 2.45) is 5.92 Å². The molecule has 1 aromatic carbocycles. The van der Waals surface area contributed by atoms with Crippen LogP contribution in [-0.4, -0.2) is 6.10 Å². The molecule has 4 heteroatoms. The number of hydrogen-bond acceptors (Lipinski definition) is 3. The zero-order valence-electron chi connectivity index (χ0n) is 9.90. The van der Waals surface area contributed by atoms with Crippen molar-refractivity contribution in [2.45, 2.75) is 31.8 Å². The van der Waals surface area contributed by atoms with Crippen LogP contribution in [0.25, 0.3) is 0 Å². The lowest BCUT2D eigenvalue weighted by Crippen LogP contribution is -2.29. The van der Waals surface area contributed by atoms with Crippen molar-refractivity contribution in [3.63, 3.8) is 0 Å². The van der Waals surface area contributed by atoms with Crippen molar-refractivity contribution in [3.05, 3.63) is 29.6 Å². The molecule has 0 radical (unpaired) electrons. The number of nitrogens with zero attached hydrogens (tertiary/aromatic N) is 2. The Bertz CT molecular complexity index is 516. The molecule has 2 rings (SSSR count). The summed E-state index contributed by atoms with van der Waals surface area (Å²) in [6, 6.07) is 8.34. The van der Waals surface area contributed by atoms with Gasteiger partial charge in [0.05, 0.1) is 12.0 Å². The number of benzene rings is 1. The van der Waals surface area contributed by atoms with Gasteiger partial charge < -0.3 is 4.74 Å². The van der Waals surface area contributed by atoms with Gasteiger partial charge in [0.15, 0.2) is 0 Å². The second-order valence-corrected chi connectivity index (χ2v) is 4.40. The van der Waals surface area contributed by atoms with Crippen molar-refractivity contribution in [3.8, 4) is 17.9 Å². The molecule has 0 saturated heterocycles. The Morgan fingerprint density at radius 2 is 2.00 bits per heavy atom. The molecule has 1 saturated carbocycles. The molecule has 92 valence electrons. The topological polar surface area (TPSA) is 56.8 Å². The van der Waals surface area contributed by atoms with Gasteiger partial charge >= 0.3 is 0 Å². The molecule has 0 aromatic heterocycles. The summed E-state index contributed by atoms with van der Waals surface area (Å²) in [6.45, 7) is 0. The number of ether oxygens (including phenoxy) is 1. The number of hydrogen-bond donors (Lipinski definition) is 0. The van der Waals surface area contributed by atoms with E-state index in [1.807, 2.05) is 0 Å². The molecular weight excluding hydrogens is 231 g/mol. The van der Waals surface area contributed by atoms with E-state index in [1.54, 1.807) is 12.1 Å². The van der Waals surface area contributed by atoms with Gasteiger partial charge in [-0.15, -0.1) is 0 Å². The van der Waals surface area contributed by atoms with Crippen molar-refractivity contribution < 1.29 is 9.13 Å². The van der Waals surface area contributed by atoms with Gasteiger partial charge in [-0.2, -0.15) is 10.5 Å². The summed E-state index contributed by atoms with van der Waals surface area (Å²) in [4.78, 5) is 0. The first-order valence-electron chi connectivity index (χ1n) is 6.01. The first-order valence-corrected chi connectivity index (χ1v) is 6.01. The number of rotatable bonds is 2. The fraction of sp³-hybridized carbons (Fsp3) is 0.429. The van der Waals surface area contributed by atoms with Crippen molar-refractivity contribution in [2.75, 3.05) is 0 Å². The van der Waals surface area contributed by atoms with E-state index in [0.717, 1.165) is 25.7 Å². The Balaban J connectivity index is 2.21. The van der Waals surface area contributed by atoms with Crippen molar-refractivity contribution >= 4 is 0 Å². The lowest BCUT2D eigenvalue weighted by atomic mass is 9.87. The molecule has 0 aliphatic heterocycles. The maximum Gasteiger partial charge on any atom is 0.144 e. The van der Waals surface area contributed by atoms with E-state index < -0.39 is 5.82 Å². The van der Waals surface area contributed by atoms with Crippen LogP contribution in [0.5, 0.6) is 5.75 Å². The van der Waals surface area contributed by atoms with Crippen LogP contribution in [0.2, 0.25) is 0 Å². The minimum atomic E-state index is -0.584. The lowest BCUT2D eigenvalue weighted by molar-refractivity contribution is 0.119. The normalized spacial score (nSPS) is 22.8. The predicted molar refractivity (Wildman–Crippen MR) is 63.1 cm³/mol. The summed E-state index contributed by atoms with van der Waals surface area (Å²) in [6.07, 6.45) is 3.36. The average Bonchev–Trinajstić information content (AvgIpc) is 2.40. The van der Waals surface area contributed by atoms with Gasteiger partial charge in [-0.1, -0.05) is 12.5 Å². The third kappa shape index (κ3) is 2.43. The van der Waals surface area contributed by atoms with Gasteiger partial charge in [0.2, 0.25) is 0 Å². The molecule has 1 fully saturated rings. The first kappa shape index (κ1) is 12.4. The smallest absolute Gasteiger partial charge is 0.144 e. The van der Waals surface area contributed by atoms with Crippen LogP contribution in [0.1, 0.15) is 31.2 Å². The second kappa shape index (κ2) is 5.51. The highest BCUT2D eigenvalue weighted by Crippen LogP contribution is 2.30. The standard InChI is InChI=1S/C14H13FN2O/c15-12-5-3-7-14(11(12)9-17)18-13-6-2-1-4-10(13)8-16/h3,5,7,10,13H,1-2,4,6H2. The number of halogens is 1. The van der Waals surface area contributed by atoms with Gasteiger partial charge in [0.25, 0.3) is 0 Å². The molecule has 0 amide bonds. The first-order chi connectivity index (χ1) is 8.76. The maximum atomic E-state index is 13.4. The van der Waals surface area contributed by atoms with Crippen LogP contribution < -0.4 is 4.74 Å². The Hall–Kier alpha value is -2.07. The van der Waals surface area contributed by atoms with E-state index in [1.165, 1.54) is 12.1 Å². The second-order valence-electron chi connectivity index (χ2n) is 4.40. The monoisotopic (exact) mass is 244 g/mol. The lowest BCUT2D eigenvalue weighted by Gasteiger charge is -2.27. The Morgan fingerprint density at radius 3 is 2.72 bits per heavy atom. The zero-order chi connectivity index (χ0) is 13.0. The molecule has 2 unspecified atom stereocenters. The van der Waals surface area contributed by atoms with E-state index in [0.29, 0.717) is 0 Å². The van der Waals surface area contributed by atoms with Crippen LogP contribution in [-0.2, 0) is 0 Å². The Labute approximate surface area is 105 Å². The van der Waals surface area contributed by atoms with E-state index in [2.05, 4.69) is 6.07 Å². The SMILES string of the molecule is N#Cc1c(F)cccc1OC1CCCCC1C#N. The fourth-order valence-corrected chi connectivity index (χ4v) is 2.26. The van der Waals surface area contributed by atoms with Gasteiger partial charge in [0, 0.05) is 0 Å².